The number of thiazole rings is 1. The number of nitrogens with one attached hydrogen (secondary N) is 2. The summed E-state index contributed by atoms with van der Waals surface area (Å²) in [6.07, 6.45) is 1.68. The third-order valence-corrected chi connectivity index (χ3v) is 7.02. The smallest absolute Gasteiger partial charge is 0.293 e. The summed E-state index contributed by atoms with van der Waals surface area (Å²) in [5, 5.41) is 6.37. The number of hydrogen-bond acceptors (Lipinski definition) is 6. The molecule has 0 radical (unpaired) electrons. The molecule has 4 aromatic rings. The van der Waals surface area contributed by atoms with E-state index in [2.05, 4.69) is 44.8 Å². The van der Waals surface area contributed by atoms with E-state index in [0.29, 0.717) is 5.13 Å². The molecule has 1 saturated heterocycles. The Bertz CT molecular complexity index is 1310. The fourth-order valence-electron chi connectivity index (χ4n) is 4.09. The van der Waals surface area contributed by atoms with Gasteiger partial charge in [0.25, 0.3) is 5.91 Å². The maximum absolute atomic E-state index is 12.9. The highest BCUT2D eigenvalue weighted by Crippen LogP contribution is 2.30. The average Bonchev–Trinajstić information content (AvgIpc) is 3.45. The number of likely N-dealkylation sites (tertiary alicyclic amines) is 1. The van der Waals surface area contributed by atoms with Crippen LogP contribution in [0.4, 0.5) is 10.8 Å². The maximum Gasteiger partial charge on any atom is 0.293 e. The van der Waals surface area contributed by atoms with Crippen molar-refractivity contribution < 1.29 is 14.0 Å². The summed E-state index contributed by atoms with van der Waals surface area (Å²) in [4.78, 5) is 31.9. The number of benzene rings is 2. The zero-order valence-corrected chi connectivity index (χ0v) is 19.9. The Morgan fingerprint density at radius 3 is 2.59 bits per heavy atom. The van der Waals surface area contributed by atoms with Gasteiger partial charge in [-0.1, -0.05) is 41.7 Å². The van der Waals surface area contributed by atoms with Gasteiger partial charge in [-0.3, -0.25) is 19.8 Å². The molecule has 2 aromatic heterocycles. The van der Waals surface area contributed by atoms with Crippen molar-refractivity contribution in [3.8, 4) is 0 Å². The molecule has 0 unspecified atom stereocenters. The highest BCUT2D eigenvalue weighted by atomic mass is 35.5. The maximum atomic E-state index is 12.9. The highest BCUT2D eigenvalue weighted by Gasteiger charge is 2.25. The zero-order chi connectivity index (χ0) is 23.5. The van der Waals surface area contributed by atoms with E-state index in [-0.39, 0.29) is 22.8 Å². The molecule has 0 atom stereocenters. The van der Waals surface area contributed by atoms with E-state index in [1.165, 1.54) is 29.0 Å². The van der Waals surface area contributed by atoms with Gasteiger partial charge in [-0.2, -0.15) is 0 Å². The lowest BCUT2D eigenvalue weighted by atomic mass is 9.95. The number of rotatable bonds is 6. The van der Waals surface area contributed by atoms with Gasteiger partial charge in [0.1, 0.15) is 0 Å². The molecule has 3 heterocycles. The summed E-state index contributed by atoms with van der Waals surface area (Å²) in [7, 11) is 0. The number of amides is 2. The third-order valence-electron chi connectivity index (χ3n) is 5.88. The number of anilines is 2. The van der Waals surface area contributed by atoms with E-state index in [0.717, 1.165) is 48.4 Å². The van der Waals surface area contributed by atoms with Gasteiger partial charge < -0.3 is 9.73 Å². The van der Waals surface area contributed by atoms with Crippen LogP contribution in [0.5, 0.6) is 0 Å². The van der Waals surface area contributed by atoms with Crippen LogP contribution in [0.1, 0.15) is 29.0 Å². The summed E-state index contributed by atoms with van der Waals surface area (Å²) in [6, 6.07) is 19.0. The molecule has 5 rings (SSSR count). The van der Waals surface area contributed by atoms with E-state index >= 15 is 0 Å². The second-order valence-corrected chi connectivity index (χ2v) is 9.69. The summed E-state index contributed by atoms with van der Waals surface area (Å²) in [5.74, 6) is -0.254. The minimum absolute atomic E-state index is 0.000787. The van der Waals surface area contributed by atoms with Crippen molar-refractivity contribution in [1.29, 1.82) is 0 Å². The molecule has 1 aliphatic heterocycles. The fourth-order valence-corrected chi connectivity index (χ4v) is 5.14. The Balaban J connectivity index is 1.17. The first-order chi connectivity index (χ1) is 16.5. The Labute approximate surface area is 205 Å². The second kappa shape index (κ2) is 9.97. The standard InChI is InChI=1S/C25H23ClN4O3S/c26-22-9-8-20(33-22)24(32)29-25-28-19-7-6-18(14-21(19)34-25)27-23(31)17-10-12-30(13-11-17)15-16-4-2-1-3-5-16/h1-9,14,17H,10-13,15H2,(H,27,31)(H,28,29,32). The lowest BCUT2D eigenvalue weighted by molar-refractivity contribution is -0.121. The van der Waals surface area contributed by atoms with Gasteiger partial charge >= 0.3 is 0 Å². The number of furan rings is 1. The van der Waals surface area contributed by atoms with Gasteiger partial charge in [0.05, 0.1) is 10.2 Å². The summed E-state index contributed by atoms with van der Waals surface area (Å²) in [6.45, 7) is 2.73. The molecule has 174 valence electrons. The molecule has 0 bridgehead atoms. The molecule has 0 aliphatic carbocycles. The average molecular weight is 495 g/mol. The van der Waals surface area contributed by atoms with Crippen molar-refractivity contribution in [2.24, 2.45) is 5.92 Å². The van der Waals surface area contributed by atoms with E-state index in [1.807, 2.05) is 24.3 Å². The number of carbonyl (C=O) groups is 2. The van der Waals surface area contributed by atoms with E-state index < -0.39 is 5.91 Å². The van der Waals surface area contributed by atoms with Gasteiger partial charge in [0, 0.05) is 18.2 Å². The number of nitrogens with zero attached hydrogens (tertiary/aromatic N) is 2. The first-order valence-electron chi connectivity index (χ1n) is 11.1. The fraction of sp³-hybridized carbons (Fsp3) is 0.240. The molecular weight excluding hydrogens is 472 g/mol. The summed E-state index contributed by atoms with van der Waals surface area (Å²) >= 11 is 7.06. The Kier molecular flexibility index (Phi) is 6.62. The van der Waals surface area contributed by atoms with Crippen LogP contribution in [0.25, 0.3) is 10.2 Å². The second-order valence-electron chi connectivity index (χ2n) is 8.28. The number of piperidine rings is 1. The van der Waals surface area contributed by atoms with Crippen molar-refractivity contribution in [2.75, 3.05) is 23.7 Å². The first-order valence-corrected chi connectivity index (χ1v) is 12.3. The van der Waals surface area contributed by atoms with Crippen LogP contribution in [-0.2, 0) is 11.3 Å². The molecule has 7 nitrogen and oxygen atoms in total. The van der Waals surface area contributed by atoms with Gasteiger partial charge in [-0.05, 0) is 73.4 Å². The molecule has 1 fully saturated rings. The number of halogens is 1. The van der Waals surface area contributed by atoms with Crippen molar-refractivity contribution in [3.63, 3.8) is 0 Å². The molecule has 34 heavy (non-hydrogen) atoms. The van der Waals surface area contributed by atoms with Crippen LogP contribution in [-0.4, -0.2) is 34.8 Å². The molecule has 1 aliphatic rings. The Morgan fingerprint density at radius 2 is 1.85 bits per heavy atom. The highest BCUT2D eigenvalue weighted by molar-refractivity contribution is 7.22. The minimum Gasteiger partial charge on any atom is -0.440 e. The van der Waals surface area contributed by atoms with Gasteiger partial charge in [0.2, 0.25) is 5.91 Å². The molecule has 9 heteroatoms. The van der Waals surface area contributed by atoms with Gasteiger partial charge in [0.15, 0.2) is 16.1 Å². The number of carbonyl (C=O) groups excluding carboxylic acids is 2. The van der Waals surface area contributed by atoms with Crippen LogP contribution in [0.15, 0.2) is 65.1 Å². The topological polar surface area (TPSA) is 87.5 Å². The van der Waals surface area contributed by atoms with Crippen molar-refractivity contribution in [2.45, 2.75) is 19.4 Å². The predicted octanol–water partition coefficient (Wildman–Crippen LogP) is 5.65. The van der Waals surface area contributed by atoms with Crippen LogP contribution in [0, 0.1) is 5.92 Å². The molecule has 0 spiro atoms. The molecule has 2 aromatic carbocycles. The van der Waals surface area contributed by atoms with Crippen molar-refractivity contribution in [3.05, 3.63) is 77.2 Å². The predicted molar refractivity (Wildman–Crippen MR) is 134 cm³/mol. The van der Waals surface area contributed by atoms with E-state index in [9.17, 15) is 9.59 Å². The number of aromatic nitrogens is 1. The first kappa shape index (κ1) is 22.6. The minimum atomic E-state index is -0.418. The van der Waals surface area contributed by atoms with Crippen LogP contribution in [0.2, 0.25) is 5.22 Å². The van der Waals surface area contributed by atoms with Crippen LogP contribution in [0.3, 0.4) is 0 Å². The van der Waals surface area contributed by atoms with Crippen molar-refractivity contribution in [1.82, 2.24) is 9.88 Å². The molecule has 2 amide bonds. The normalized spacial score (nSPS) is 14.9. The Morgan fingerprint density at radius 1 is 1.06 bits per heavy atom. The van der Waals surface area contributed by atoms with Crippen LogP contribution >= 0.6 is 22.9 Å². The van der Waals surface area contributed by atoms with E-state index in [4.69, 9.17) is 16.0 Å². The number of hydrogen-bond donors (Lipinski definition) is 2. The SMILES string of the molecule is O=C(Nc1nc2ccc(NC(=O)C3CCN(Cc4ccccc4)CC3)cc2s1)c1ccc(Cl)o1. The zero-order valence-electron chi connectivity index (χ0n) is 18.3. The lowest BCUT2D eigenvalue weighted by Gasteiger charge is -2.31. The molecule has 0 saturated carbocycles. The van der Waals surface area contributed by atoms with Crippen molar-refractivity contribution >= 4 is 55.8 Å². The lowest BCUT2D eigenvalue weighted by Crippen LogP contribution is -2.37. The molecular formula is C25H23ClN4O3S. The van der Waals surface area contributed by atoms with Gasteiger partial charge in [-0.25, -0.2) is 4.98 Å². The van der Waals surface area contributed by atoms with Gasteiger partial charge in [-0.15, -0.1) is 0 Å². The quantitative estimate of drug-likeness (QED) is 0.362. The Hall–Kier alpha value is -3.20. The van der Waals surface area contributed by atoms with Crippen LogP contribution < -0.4 is 10.6 Å². The van der Waals surface area contributed by atoms with E-state index in [1.54, 1.807) is 0 Å². The number of fused-ring (bicyclic) bond motifs is 1. The summed E-state index contributed by atoms with van der Waals surface area (Å²) in [5.41, 5.74) is 2.76. The largest absolute Gasteiger partial charge is 0.440 e. The summed E-state index contributed by atoms with van der Waals surface area (Å²) < 4.78 is 5.99. The third kappa shape index (κ3) is 5.30. The monoisotopic (exact) mass is 494 g/mol. The molecule has 2 N–H and O–H groups in total.